The van der Waals surface area contributed by atoms with E-state index >= 15 is 0 Å². The Morgan fingerprint density at radius 3 is 2.50 bits per heavy atom. The molecule has 2 atom stereocenters. The molecule has 0 radical (unpaired) electrons. The Kier molecular flexibility index (Phi) is 8.37. The van der Waals surface area contributed by atoms with Gasteiger partial charge in [-0.3, -0.25) is 9.69 Å². The van der Waals surface area contributed by atoms with E-state index < -0.39 is 5.60 Å². The third kappa shape index (κ3) is 7.27. The lowest BCUT2D eigenvalue weighted by Crippen LogP contribution is -2.29. The van der Waals surface area contributed by atoms with Crippen molar-refractivity contribution < 1.29 is 14.1 Å². The molecule has 0 aromatic carbocycles. The SMILES string of the molecule is CN(C)CCN(C)Cc1noc(C2(CC(=O)OC(C)(C)C)CC2CCC2CCCCC2)n1. The minimum absolute atomic E-state index is 0.166. The van der Waals surface area contributed by atoms with Crippen molar-refractivity contribution in [3.63, 3.8) is 0 Å². The standard InChI is InChI=1S/C25H44N4O3/c1-24(2,3)31-22(30)17-25(16-20(25)13-12-19-10-8-7-9-11-19)23-26-21(27-32-23)18-29(6)15-14-28(4)5/h19-20H,7-18H2,1-6H3. The molecule has 0 N–H and O–H groups in total. The minimum Gasteiger partial charge on any atom is -0.460 e. The topological polar surface area (TPSA) is 71.7 Å². The Labute approximate surface area is 194 Å². The first kappa shape index (κ1) is 25.2. The molecule has 1 aromatic rings. The molecule has 0 amide bonds. The second kappa shape index (κ2) is 10.6. The van der Waals surface area contributed by atoms with E-state index in [0.29, 0.717) is 30.6 Å². The smallest absolute Gasteiger partial charge is 0.307 e. The highest BCUT2D eigenvalue weighted by Crippen LogP contribution is 2.59. The second-order valence-corrected chi connectivity index (χ2v) is 11.5. The lowest BCUT2D eigenvalue weighted by atomic mass is 9.84. The predicted molar refractivity (Wildman–Crippen MR) is 125 cm³/mol. The quantitative estimate of drug-likeness (QED) is 0.464. The van der Waals surface area contributed by atoms with E-state index in [2.05, 4.69) is 36.1 Å². The Balaban J connectivity index is 1.65. The van der Waals surface area contributed by atoms with E-state index in [9.17, 15) is 4.79 Å². The normalized spacial score (nSPS) is 24.3. The Bertz CT molecular complexity index is 736. The van der Waals surface area contributed by atoms with Gasteiger partial charge in [0, 0.05) is 13.1 Å². The van der Waals surface area contributed by atoms with Crippen molar-refractivity contribution in [2.75, 3.05) is 34.2 Å². The van der Waals surface area contributed by atoms with Gasteiger partial charge >= 0.3 is 5.97 Å². The van der Waals surface area contributed by atoms with Gasteiger partial charge in [-0.1, -0.05) is 43.7 Å². The van der Waals surface area contributed by atoms with Crippen molar-refractivity contribution in [2.24, 2.45) is 11.8 Å². The monoisotopic (exact) mass is 448 g/mol. The summed E-state index contributed by atoms with van der Waals surface area (Å²) in [6.07, 6.45) is 10.5. The van der Waals surface area contributed by atoms with E-state index in [1.807, 2.05) is 20.8 Å². The van der Waals surface area contributed by atoms with Gasteiger partial charge in [0.2, 0.25) is 5.89 Å². The molecule has 32 heavy (non-hydrogen) atoms. The summed E-state index contributed by atoms with van der Waals surface area (Å²) in [5.41, 5.74) is -0.829. The van der Waals surface area contributed by atoms with Crippen LogP contribution in [0.1, 0.15) is 90.3 Å². The Hall–Kier alpha value is -1.47. The number of likely N-dealkylation sites (N-methyl/N-ethyl adjacent to an activating group) is 2. The number of nitrogens with zero attached hydrogens (tertiary/aromatic N) is 4. The first-order valence-corrected chi connectivity index (χ1v) is 12.5. The highest BCUT2D eigenvalue weighted by Gasteiger charge is 2.60. The molecular weight excluding hydrogens is 404 g/mol. The second-order valence-electron chi connectivity index (χ2n) is 11.5. The van der Waals surface area contributed by atoms with Crippen LogP contribution in [0.2, 0.25) is 0 Å². The number of carbonyl (C=O) groups is 1. The summed E-state index contributed by atoms with van der Waals surface area (Å²) < 4.78 is 11.4. The first-order valence-electron chi connectivity index (χ1n) is 12.5. The van der Waals surface area contributed by atoms with Crippen molar-refractivity contribution in [3.05, 3.63) is 11.7 Å². The van der Waals surface area contributed by atoms with Crippen LogP contribution < -0.4 is 0 Å². The maximum Gasteiger partial charge on any atom is 0.307 e. The van der Waals surface area contributed by atoms with E-state index in [0.717, 1.165) is 31.8 Å². The van der Waals surface area contributed by atoms with Crippen LogP contribution in [0.25, 0.3) is 0 Å². The molecule has 3 rings (SSSR count). The molecular formula is C25H44N4O3. The molecule has 2 unspecified atom stereocenters. The van der Waals surface area contributed by atoms with Crippen molar-refractivity contribution in [3.8, 4) is 0 Å². The maximum absolute atomic E-state index is 12.7. The molecule has 0 aliphatic heterocycles. The van der Waals surface area contributed by atoms with Crippen LogP contribution in [0.5, 0.6) is 0 Å². The molecule has 2 aliphatic carbocycles. The predicted octanol–water partition coefficient (Wildman–Crippen LogP) is 4.41. The summed E-state index contributed by atoms with van der Waals surface area (Å²) in [5, 5.41) is 4.26. The zero-order valence-corrected chi connectivity index (χ0v) is 21.2. The van der Waals surface area contributed by atoms with Gasteiger partial charge in [-0.25, -0.2) is 0 Å². The highest BCUT2D eigenvalue weighted by molar-refractivity contribution is 5.72. The van der Waals surface area contributed by atoms with Gasteiger partial charge in [0.15, 0.2) is 5.82 Å². The summed E-state index contributed by atoms with van der Waals surface area (Å²) in [5.74, 6) is 2.43. The number of ether oxygens (including phenoxy) is 1. The van der Waals surface area contributed by atoms with Crippen LogP contribution in [-0.4, -0.2) is 65.7 Å². The molecule has 0 bridgehead atoms. The van der Waals surface area contributed by atoms with Gasteiger partial charge in [0.1, 0.15) is 5.60 Å². The molecule has 2 aliphatic rings. The van der Waals surface area contributed by atoms with Crippen LogP contribution in [0.15, 0.2) is 4.52 Å². The number of hydrogen-bond acceptors (Lipinski definition) is 7. The summed E-state index contributed by atoms with van der Waals surface area (Å²) in [4.78, 5) is 21.9. The van der Waals surface area contributed by atoms with Crippen molar-refractivity contribution >= 4 is 5.97 Å². The van der Waals surface area contributed by atoms with Crippen molar-refractivity contribution in [2.45, 2.75) is 96.1 Å². The van der Waals surface area contributed by atoms with Crippen LogP contribution in [0.3, 0.4) is 0 Å². The van der Waals surface area contributed by atoms with Crippen LogP contribution in [-0.2, 0) is 21.5 Å². The molecule has 1 heterocycles. The first-order chi connectivity index (χ1) is 15.1. The molecule has 7 heteroatoms. The summed E-state index contributed by atoms with van der Waals surface area (Å²) in [7, 11) is 6.21. The fourth-order valence-electron chi connectivity index (χ4n) is 5.07. The van der Waals surface area contributed by atoms with Gasteiger partial charge in [0.25, 0.3) is 0 Å². The third-order valence-electron chi connectivity index (χ3n) is 6.99. The molecule has 7 nitrogen and oxygen atoms in total. The fourth-order valence-corrected chi connectivity index (χ4v) is 5.07. The largest absolute Gasteiger partial charge is 0.460 e. The maximum atomic E-state index is 12.7. The number of rotatable bonds is 11. The van der Waals surface area contributed by atoms with Crippen molar-refractivity contribution in [1.29, 1.82) is 0 Å². The van der Waals surface area contributed by atoms with Crippen molar-refractivity contribution in [1.82, 2.24) is 19.9 Å². The zero-order valence-electron chi connectivity index (χ0n) is 21.2. The van der Waals surface area contributed by atoms with Crippen LogP contribution in [0.4, 0.5) is 0 Å². The molecule has 1 aromatic heterocycles. The number of aromatic nitrogens is 2. The van der Waals surface area contributed by atoms with E-state index in [1.54, 1.807) is 0 Å². The Morgan fingerprint density at radius 1 is 1.12 bits per heavy atom. The van der Waals surface area contributed by atoms with Crippen LogP contribution >= 0.6 is 0 Å². The van der Waals surface area contributed by atoms with Gasteiger partial charge in [0.05, 0.1) is 18.4 Å². The number of esters is 1. The fraction of sp³-hybridized carbons (Fsp3) is 0.880. The van der Waals surface area contributed by atoms with Gasteiger partial charge in [-0.05, 0) is 66.6 Å². The van der Waals surface area contributed by atoms with E-state index in [1.165, 1.54) is 38.5 Å². The molecule has 182 valence electrons. The summed E-state index contributed by atoms with van der Waals surface area (Å²) >= 11 is 0. The molecule has 0 spiro atoms. The van der Waals surface area contributed by atoms with E-state index in [4.69, 9.17) is 14.2 Å². The number of carbonyl (C=O) groups excluding carboxylic acids is 1. The molecule has 0 saturated heterocycles. The lowest BCUT2D eigenvalue weighted by molar-refractivity contribution is -0.155. The average molecular weight is 449 g/mol. The summed E-state index contributed by atoms with van der Waals surface area (Å²) in [6, 6.07) is 0. The number of hydrogen-bond donors (Lipinski definition) is 0. The summed E-state index contributed by atoms with van der Waals surface area (Å²) in [6.45, 7) is 8.31. The van der Waals surface area contributed by atoms with E-state index in [-0.39, 0.29) is 11.4 Å². The van der Waals surface area contributed by atoms with Gasteiger partial charge in [-0.2, -0.15) is 4.98 Å². The Morgan fingerprint density at radius 2 is 1.84 bits per heavy atom. The molecule has 2 fully saturated rings. The lowest BCUT2D eigenvalue weighted by Gasteiger charge is -2.23. The van der Waals surface area contributed by atoms with Gasteiger partial charge in [-0.15, -0.1) is 0 Å². The third-order valence-corrected chi connectivity index (χ3v) is 6.99. The highest BCUT2D eigenvalue weighted by atomic mass is 16.6. The van der Waals surface area contributed by atoms with Crippen LogP contribution in [0, 0.1) is 11.8 Å². The average Bonchev–Trinajstić information content (AvgIpc) is 3.18. The molecule has 2 saturated carbocycles. The van der Waals surface area contributed by atoms with Gasteiger partial charge < -0.3 is 14.2 Å². The minimum atomic E-state index is -0.486. The zero-order chi connectivity index (χ0) is 23.4.